The fraction of sp³-hybridized carbons (Fsp3) is 0.143. The fourth-order valence-corrected chi connectivity index (χ4v) is 0.768. The van der Waals surface area contributed by atoms with Crippen molar-refractivity contribution >= 4 is 5.69 Å². The molecular formula is C7H8F2N2. The molecule has 0 amide bonds. The smallest absolute Gasteiger partial charge is 0.150 e. The Morgan fingerprint density at radius 2 is 1.91 bits per heavy atom. The average Bonchev–Trinajstić information content (AvgIpc) is 1.97. The Kier molecular flexibility index (Phi) is 2.05. The second kappa shape index (κ2) is 2.84. The van der Waals surface area contributed by atoms with Gasteiger partial charge in [0.15, 0.2) is 5.82 Å². The number of halogens is 2. The first kappa shape index (κ1) is 7.94. The van der Waals surface area contributed by atoms with Gasteiger partial charge in [-0.15, -0.1) is 0 Å². The van der Waals surface area contributed by atoms with Crippen molar-refractivity contribution in [3.05, 3.63) is 29.3 Å². The van der Waals surface area contributed by atoms with E-state index in [4.69, 9.17) is 5.84 Å². The largest absolute Gasteiger partial charge is 0.321 e. The van der Waals surface area contributed by atoms with Gasteiger partial charge in [-0.25, -0.2) is 8.78 Å². The first-order valence-corrected chi connectivity index (χ1v) is 3.07. The fourth-order valence-electron chi connectivity index (χ4n) is 0.768. The van der Waals surface area contributed by atoms with Crippen molar-refractivity contribution in [3.63, 3.8) is 0 Å². The molecule has 3 N–H and O–H groups in total. The van der Waals surface area contributed by atoms with Crippen molar-refractivity contribution < 1.29 is 8.78 Å². The lowest BCUT2D eigenvalue weighted by atomic mass is 10.2. The lowest BCUT2D eigenvalue weighted by Crippen LogP contribution is -2.09. The number of aryl methyl sites for hydroxylation is 1. The highest BCUT2D eigenvalue weighted by atomic mass is 19.1. The molecule has 0 radical (unpaired) electrons. The molecule has 0 atom stereocenters. The topological polar surface area (TPSA) is 38.0 Å². The van der Waals surface area contributed by atoms with Crippen LogP contribution in [-0.2, 0) is 0 Å². The Labute approximate surface area is 63.0 Å². The number of nitrogens with one attached hydrogen (secondary N) is 1. The summed E-state index contributed by atoms with van der Waals surface area (Å²) in [7, 11) is 0. The highest BCUT2D eigenvalue weighted by Gasteiger charge is 2.04. The summed E-state index contributed by atoms with van der Waals surface area (Å²) < 4.78 is 25.2. The molecule has 0 unspecified atom stereocenters. The number of nitrogen functional groups attached to an aromatic ring is 1. The van der Waals surface area contributed by atoms with Crippen LogP contribution in [0.2, 0.25) is 0 Å². The zero-order chi connectivity index (χ0) is 8.43. The molecule has 1 aromatic rings. The van der Waals surface area contributed by atoms with E-state index >= 15 is 0 Å². The van der Waals surface area contributed by atoms with Crippen molar-refractivity contribution in [2.45, 2.75) is 6.92 Å². The van der Waals surface area contributed by atoms with Crippen molar-refractivity contribution in [2.24, 2.45) is 5.84 Å². The summed E-state index contributed by atoms with van der Waals surface area (Å²) in [6.45, 7) is 1.54. The average molecular weight is 158 g/mol. The van der Waals surface area contributed by atoms with Crippen LogP contribution in [0.5, 0.6) is 0 Å². The normalized spacial score (nSPS) is 9.82. The van der Waals surface area contributed by atoms with Gasteiger partial charge < -0.3 is 5.43 Å². The minimum Gasteiger partial charge on any atom is -0.321 e. The molecule has 0 fully saturated rings. The van der Waals surface area contributed by atoms with Gasteiger partial charge >= 0.3 is 0 Å². The van der Waals surface area contributed by atoms with Crippen molar-refractivity contribution in [2.75, 3.05) is 5.43 Å². The number of rotatable bonds is 1. The molecule has 1 rings (SSSR count). The van der Waals surface area contributed by atoms with Gasteiger partial charge in [0.05, 0.1) is 5.69 Å². The van der Waals surface area contributed by atoms with Gasteiger partial charge in [-0.1, -0.05) is 0 Å². The highest BCUT2D eigenvalue weighted by molar-refractivity contribution is 5.46. The Balaban J connectivity index is 3.21. The SMILES string of the molecule is Cc1cc(NN)c(F)cc1F. The third kappa shape index (κ3) is 1.46. The predicted molar refractivity (Wildman–Crippen MR) is 38.9 cm³/mol. The van der Waals surface area contributed by atoms with Crippen LogP contribution in [-0.4, -0.2) is 0 Å². The summed E-state index contributed by atoms with van der Waals surface area (Å²) in [5.41, 5.74) is 2.58. The summed E-state index contributed by atoms with van der Waals surface area (Å²) >= 11 is 0. The summed E-state index contributed by atoms with van der Waals surface area (Å²) in [5, 5.41) is 0. The lowest BCUT2D eigenvalue weighted by Gasteiger charge is -2.03. The zero-order valence-corrected chi connectivity index (χ0v) is 5.99. The van der Waals surface area contributed by atoms with Gasteiger partial charge in [-0.2, -0.15) is 0 Å². The van der Waals surface area contributed by atoms with Gasteiger partial charge in [0, 0.05) is 6.07 Å². The molecule has 60 valence electrons. The maximum absolute atomic E-state index is 12.6. The third-order valence-electron chi connectivity index (χ3n) is 1.40. The molecule has 2 nitrogen and oxygen atoms in total. The van der Waals surface area contributed by atoms with Crippen LogP contribution in [0.1, 0.15) is 5.56 Å². The molecule has 0 saturated carbocycles. The van der Waals surface area contributed by atoms with E-state index < -0.39 is 11.6 Å². The van der Waals surface area contributed by atoms with Crippen LogP contribution in [0.4, 0.5) is 14.5 Å². The molecule has 0 aliphatic heterocycles. The van der Waals surface area contributed by atoms with Crippen LogP contribution in [0.25, 0.3) is 0 Å². The summed E-state index contributed by atoms with van der Waals surface area (Å²) in [6.07, 6.45) is 0. The van der Waals surface area contributed by atoms with E-state index in [9.17, 15) is 8.78 Å². The van der Waals surface area contributed by atoms with Gasteiger partial charge in [0.2, 0.25) is 0 Å². The monoisotopic (exact) mass is 158 g/mol. The number of anilines is 1. The Hall–Kier alpha value is -1.16. The zero-order valence-electron chi connectivity index (χ0n) is 5.99. The number of hydrogen-bond donors (Lipinski definition) is 2. The van der Waals surface area contributed by atoms with E-state index in [-0.39, 0.29) is 5.69 Å². The molecule has 0 aromatic heterocycles. The first-order valence-electron chi connectivity index (χ1n) is 3.07. The van der Waals surface area contributed by atoms with Gasteiger partial charge in [-0.3, -0.25) is 5.84 Å². The first-order chi connectivity index (χ1) is 5.15. The minimum atomic E-state index is -0.685. The second-order valence-corrected chi connectivity index (χ2v) is 2.23. The van der Waals surface area contributed by atoms with Crippen LogP contribution in [0.3, 0.4) is 0 Å². The van der Waals surface area contributed by atoms with Gasteiger partial charge in [-0.05, 0) is 18.6 Å². The quantitative estimate of drug-likeness (QED) is 0.480. The molecule has 1 aromatic carbocycles. The van der Waals surface area contributed by atoms with Crippen molar-refractivity contribution in [1.82, 2.24) is 0 Å². The molecule has 0 bridgehead atoms. The van der Waals surface area contributed by atoms with Crippen LogP contribution < -0.4 is 11.3 Å². The van der Waals surface area contributed by atoms with Crippen LogP contribution in [0, 0.1) is 18.6 Å². The number of benzene rings is 1. The highest BCUT2D eigenvalue weighted by Crippen LogP contribution is 2.17. The van der Waals surface area contributed by atoms with Crippen molar-refractivity contribution in [1.29, 1.82) is 0 Å². The predicted octanol–water partition coefficient (Wildman–Crippen LogP) is 1.56. The summed E-state index contributed by atoms with van der Waals surface area (Å²) in [4.78, 5) is 0. The Morgan fingerprint density at radius 1 is 1.27 bits per heavy atom. The van der Waals surface area contributed by atoms with E-state index in [1.54, 1.807) is 0 Å². The standard InChI is InChI=1S/C7H8F2N2/c1-4-2-7(11-10)6(9)3-5(4)8/h2-3,11H,10H2,1H3. The van der Waals surface area contributed by atoms with E-state index in [2.05, 4.69) is 5.43 Å². The maximum Gasteiger partial charge on any atom is 0.150 e. The molecule has 0 heterocycles. The molecule has 0 aliphatic carbocycles. The molecule has 0 spiro atoms. The minimum absolute atomic E-state index is 0.101. The molecule has 0 aliphatic rings. The van der Waals surface area contributed by atoms with Gasteiger partial charge in [0.25, 0.3) is 0 Å². The van der Waals surface area contributed by atoms with Crippen LogP contribution >= 0.6 is 0 Å². The molecule has 11 heavy (non-hydrogen) atoms. The van der Waals surface area contributed by atoms with Crippen LogP contribution in [0.15, 0.2) is 12.1 Å². The number of nitrogens with two attached hydrogens (primary N) is 1. The maximum atomic E-state index is 12.6. The van der Waals surface area contributed by atoms with Crippen molar-refractivity contribution in [3.8, 4) is 0 Å². The Morgan fingerprint density at radius 3 is 2.45 bits per heavy atom. The molecule has 0 saturated heterocycles. The lowest BCUT2D eigenvalue weighted by molar-refractivity contribution is 0.579. The van der Waals surface area contributed by atoms with Gasteiger partial charge in [0.1, 0.15) is 5.82 Å². The summed E-state index contributed by atoms with van der Waals surface area (Å²) in [6, 6.07) is 2.11. The second-order valence-electron chi connectivity index (χ2n) is 2.23. The van der Waals surface area contributed by atoms with E-state index in [0.29, 0.717) is 5.56 Å². The van der Waals surface area contributed by atoms with E-state index in [1.807, 2.05) is 0 Å². The Bertz CT molecular complexity index is 273. The third-order valence-corrected chi connectivity index (χ3v) is 1.40. The number of hydrogen-bond acceptors (Lipinski definition) is 2. The molecule has 4 heteroatoms. The summed E-state index contributed by atoms with van der Waals surface area (Å²) in [5.74, 6) is 3.70. The van der Waals surface area contributed by atoms with E-state index in [1.165, 1.54) is 13.0 Å². The van der Waals surface area contributed by atoms with E-state index in [0.717, 1.165) is 6.07 Å². The molecular weight excluding hydrogens is 150 g/mol. The number of hydrazine groups is 1.